The van der Waals surface area contributed by atoms with Gasteiger partial charge >= 0.3 is 0 Å². The molecule has 0 spiro atoms. The molecule has 1 aromatic carbocycles. The van der Waals surface area contributed by atoms with Gasteiger partial charge in [-0.3, -0.25) is 0 Å². The van der Waals surface area contributed by atoms with E-state index in [1.54, 1.807) is 7.11 Å². The number of ether oxygens (including phenoxy) is 1. The quantitative estimate of drug-likeness (QED) is 0.818. The van der Waals surface area contributed by atoms with Gasteiger partial charge in [-0.1, -0.05) is 25.1 Å². The van der Waals surface area contributed by atoms with Gasteiger partial charge < -0.3 is 15.0 Å². The lowest BCUT2D eigenvalue weighted by Gasteiger charge is -2.22. The minimum Gasteiger partial charge on any atom is -0.496 e. The second-order valence-corrected chi connectivity index (χ2v) is 5.21. The zero-order valence-electron chi connectivity index (χ0n) is 12.2. The number of hydrogen-bond acceptors (Lipinski definition) is 3. The highest BCUT2D eigenvalue weighted by atomic mass is 16.5. The third-order valence-corrected chi connectivity index (χ3v) is 3.94. The first-order valence-electron chi connectivity index (χ1n) is 7.43. The summed E-state index contributed by atoms with van der Waals surface area (Å²) < 4.78 is 5.46. The van der Waals surface area contributed by atoms with E-state index in [1.807, 2.05) is 12.1 Å². The van der Waals surface area contributed by atoms with Crippen LogP contribution in [0.2, 0.25) is 0 Å². The minimum absolute atomic E-state index is 0.388. The fourth-order valence-electron chi connectivity index (χ4n) is 2.83. The topological polar surface area (TPSA) is 24.5 Å². The molecule has 0 saturated carbocycles. The van der Waals surface area contributed by atoms with Gasteiger partial charge in [-0.15, -0.1) is 0 Å². The van der Waals surface area contributed by atoms with Crippen LogP contribution in [0.5, 0.6) is 5.75 Å². The van der Waals surface area contributed by atoms with Crippen LogP contribution in [0, 0.1) is 0 Å². The first-order valence-corrected chi connectivity index (χ1v) is 7.43. The maximum Gasteiger partial charge on any atom is 0.123 e. The molecule has 1 fully saturated rings. The number of likely N-dealkylation sites (tertiary alicyclic amines) is 1. The van der Waals surface area contributed by atoms with E-state index in [4.69, 9.17) is 4.74 Å². The molecule has 1 aromatic rings. The van der Waals surface area contributed by atoms with Gasteiger partial charge in [-0.25, -0.2) is 0 Å². The minimum atomic E-state index is 0.388. The zero-order valence-corrected chi connectivity index (χ0v) is 12.2. The van der Waals surface area contributed by atoms with Crippen molar-refractivity contribution in [1.82, 2.24) is 10.2 Å². The van der Waals surface area contributed by atoms with Gasteiger partial charge in [0.25, 0.3) is 0 Å². The molecule has 0 aliphatic carbocycles. The molecule has 19 heavy (non-hydrogen) atoms. The summed E-state index contributed by atoms with van der Waals surface area (Å²) in [4.78, 5) is 2.54. The van der Waals surface area contributed by atoms with Gasteiger partial charge in [-0.05, 0) is 38.4 Å². The van der Waals surface area contributed by atoms with Crippen LogP contribution in [-0.4, -0.2) is 38.2 Å². The Morgan fingerprint density at radius 2 is 2.00 bits per heavy atom. The van der Waals surface area contributed by atoms with Gasteiger partial charge in [0.1, 0.15) is 5.75 Å². The Morgan fingerprint density at radius 3 is 2.68 bits per heavy atom. The molecule has 1 aliphatic rings. The summed E-state index contributed by atoms with van der Waals surface area (Å²) in [6.45, 7) is 6.97. The van der Waals surface area contributed by atoms with Crippen LogP contribution in [0.3, 0.4) is 0 Å². The van der Waals surface area contributed by atoms with Gasteiger partial charge in [0.15, 0.2) is 0 Å². The van der Waals surface area contributed by atoms with Crippen molar-refractivity contribution in [2.24, 2.45) is 0 Å². The smallest absolute Gasteiger partial charge is 0.123 e. The lowest BCUT2D eigenvalue weighted by molar-refractivity contribution is 0.324. The lowest BCUT2D eigenvalue weighted by Crippen LogP contribution is -2.32. The molecule has 106 valence electrons. The standard InChI is InChI=1S/C16H26N2O/c1-3-15(14-8-4-5-9-16(14)19-2)17-10-13-18-11-6-7-12-18/h4-5,8-9,15,17H,3,6-7,10-13H2,1-2H3. The summed E-state index contributed by atoms with van der Waals surface area (Å²) in [5, 5.41) is 3.67. The van der Waals surface area contributed by atoms with E-state index in [0.717, 1.165) is 25.3 Å². The normalized spacial score (nSPS) is 17.6. The predicted molar refractivity (Wildman–Crippen MR) is 79.7 cm³/mol. The molecule has 1 unspecified atom stereocenters. The molecule has 1 saturated heterocycles. The Morgan fingerprint density at radius 1 is 1.26 bits per heavy atom. The molecule has 0 amide bonds. The van der Waals surface area contributed by atoms with Crippen LogP contribution in [-0.2, 0) is 0 Å². The summed E-state index contributed by atoms with van der Waals surface area (Å²) in [7, 11) is 1.75. The highest BCUT2D eigenvalue weighted by Crippen LogP contribution is 2.26. The van der Waals surface area contributed by atoms with E-state index in [-0.39, 0.29) is 0 Å². The van der Waals surface area contributed by atoms with Crippen LogP contribution in [0.4, 0.5) is 0 Å². The maximum absolute atomic E-state index is 5.46. The monoisotopic (exact) mass is 262 g/mol. The molecule has 1 heterocycles. The van der Waals surface area contributed by atoms with Crippen LogP contribution in [0.1, 0.15) is 37.8 Å². The largest absolute Gasteiger partial charge is 0.496 e. The second-order valence-electron chi connectivity index (χ2n) is 5.21. The first-order chi connectivity index (χ1) is 9.35. The summed E-state index contributed by atoms with van der Waals surface area (Å²) in [5.41, 5.74) is 1.27. The molecule has 3 heteroatoms. The van der Waals surface area contributed by atoms with Gasteiger partial charge in [0, 0.05) is 24.7 Å². The Kier molecular flexibility index (Phi) is 5.67. The average molecular weight is 262 g/mol. The van der Waals surface area contributed by atoms with E-state index in [0.29, 0.717) is 6.04 Å². The van der Waals surface area contributed by atoms with E-state index >= 15 is 0 Å². The van der Waals surface area contributed by atoms with Crippen molar-refractivity contribution in [3.8, 4) is 5.75 Å². The molecule has 0 radical (unpaired) electrons. The van der Waals surface area contributed by atoms with Crippen molar-refractivity contribution < 1.29 is 4.74 Å². The van der Waals surface area contributed by atoms with Crippen LogP contribution in [0.15, 0.2) is 24.3 Å². The summed E-state index contributed by atoms with van der Waals surface area (Å²) >= 11 is 0. The van der Waals surface area contributed by atoms with Crippen molar-refractivity contribution in [3.05, 3.63) is 29.8 Å². The van der Waals surface area contributed by atoms with E-state index < -0.39 is 0 Å². The van der Waals surface area contributed by atoms with Crippen LogP contribution in [0.25, 0.3) is 0 Å². The summed E-state index contributed by atoms with van der Waals surface area (Å²) in [5.74, 6) is 0.989. The number of hydrogen-bond donors (Lipinski definition) is 1. The summed E-state index contributed by atoms with van der Waals surface area (Å²) in [6.07, 6.45) is 3.81. The van der Waals surface area contributed by atoms with Crippen molar-refractivity contribution >= 4 is 0 Å². The third-order valence-electron chi connectivity index (χ3n) is 3.94. The molecule has 0 bridgehead atoms. The van der Waals surface area contributed by atoms with Crippen molar-refractivity contribution in [1.29, 1.82) is 0 Å². The van der Waals surface area contributed by atoms with Gasteiger partial charge in [-0.2, -0.15) is 0 Å². The molecular formula is C16H26N2O. The first kappa shape index (κ1) is 14.4. The molecule has 1 aliphatic heterocycles. The number of methoxy groups -OCH3 is 1. The summed E-state index contributed by atoms with van der Waals surface area (Å²) in [6, 6.07) is 8.71. The van der Waals surface area contributed by atoms with Crippen molar-refractivity contribution in [3.63, 3.8) is 0 Å². The number of nitrogens with zero attached hydrogens (tertiary/aromatic N) is 1. The highest BCUT2D eigenvalue weighted by Gasteiger charge is 2.15. The highest BCUT2D eigenvalue weighted by molar-refractivity contribution is 5.35. The molecule has 1 atom stereocenters. The molecular weight excluding hydrogens is 236 g/mol. The zero-order chi connectivity index (χ0) is 13.5. The third kappa shape index (κ3) is 3.95. The average Bonchev–Trinajstić information content (AvgIpc) is 2.97. The van der Waals surface area contributed by atoms with Gasteiger partial charge in [0.2, 0.25) is 0 Å². The molecule has 3 nitrogen and oxygen atoms in total. The Labute approximate surface area is 116 Å². The van der Waals surface area contributed by atoms with Crippen LogP contribution < -0.4 is 10.1 Å². The molecule has 1 N–H and O–H groups in total. The second kappa shape index (κ2) is 7.51. The maximum atomic E-state index is 5.46. The van der Waals surface area contributed by atoms with Crippen molar-refractivity contribution in [2.75, 3.05) is 33.3 Å². The predicted octanol–water partition coefficient (Wildman–Crippen LogP) is 2.83. The number of rotatable bonds is 7. The molecule has 2 rings (SSSR count). The SMILES string of the molecule is CCC(NCCN1CCCC1)c1ccccc1OC. The van der Waals surface area contributed by atoms with E-state index in [1.165, 1.54) is 31.5 Å². The number of nitrogens with one attached hydrogen (secondary N) is 1. The van der Waals surface area contributed by atoms with Gasteiger partial charge in [0.05, 0.1) is 7.11 Å². The molecule has 0 aromatic heterocycles. The van der Waals surface area contributed by atoms with Crippen molar-refractivity contribution in [2.45, 2.75) is 32.2 Å². The Balaban J connectivity index is 1.88. The Bertz CT molecular complexity index is 375. The fourth-order valence-corrected chi connectivity index (χ4v) is 2.83. The Hall–Kier alpha value is -1.06. The number of para-hydroxylation sites is 1. The fraction of sp³-hybridized carbons (Fsp3) is 0.625. The van der Waals surface area contributed by atoms with Crippen LogP contribution >= 0.6 is 0 Å². The van der Waals surface area contributed by atoms with E-state index in [2.05, 4.69) is 29.3 Å². The lowest BCUT2D eigenvalue weighted by atomic mass is 10.0. The van der Waals surface area contributed by atoms with E-state index in [9.17, 15) is 0 Å². The number of benzene rings is 1.